The summed E-state index contributed by atoms with van der Waals surface area (Å²) in [7, 11) is 0. The van der Waals surface area contributed by atoms with Crippen molar-refractivity contribution in [3.05, 3.63) is 63.8 Å². The molecule has 1 aromatic carbocycles. The molecule has 0 saturated heterocycles. The van der Waals surface area contributed by atoms with Gasteiger partial charge in [-0.3, -0.25) is 0 Å². The molecule has 2 heterocycles. The molecule has 0 atom stereocenters. The second-order valence-electron chi connectivity index (χ2n) is 6.41. The number of nitrogens with one attached hydrogen (secondary N) is 2. The summed E-state index contributed by atoms with van der Waals surface area (Å²) in [6.45, 7) is 3.42. The zero-order valence-electron chi connectivity index (χ0n) is 15.3. The molecule has 152 valence electrons. The van der Waals surface area contributed by atoms with E-state index in [1.165, 1.54) is 18.5 Å². The van der Waals surface area contributed by atoms with Crippen LogP contribution in [0.15, 0.2) is 47.5 Å². The molecule has 0 aliphatic rings. The van der Waals surface area contributed by atoms with Crippen LogP contribution >= 0.6 is 11.6 Å². The van der Waals surface area contributed by atoms with Crippen LogP contribution in [-0.4, -0.2) is 26.4 Å². The van der Waals surface area contributed by atoms with Gasteiger partial charge in [0.25, 0.3) is 0 Å². The summed E-state index contributed by atoms with van der Waals surface area (Å²) in [6.07, 6.45) is -1.53. The van der Waals surface area contributed by atoms with Crippen LogP contribution in [0.3, 0.4) is 0 Å². The van der Waals surface area contributed by atoms with Crippen LogP contribution in [0.2, 0.25) is 5.02 Å². The van der Waals surface area contributed by atoms with Crippen LogP contribution in [-0.2, 0) is 6.18 Å². The van der Waals surface area contributed by atoms with Crippen molar-refractivity contribution in [3.8, 4) is 17.1 Å². The third-order valence-corrected chi connectivity index (χ3v) is 4.20. The minimum atomic E-state index is -4.52. The second kappa shape index (κ2) is 7.70. The van der Waals surface area contributed by atoms with Crippen molar-refractivity contribution in [2.75, 3.05) is 0 Å². The van der Waals surface area contributed by atoms with Gasteiger partial charge in [0.2, 0.25) is 0 Å². The van der Waals surface area contributed by atoms with Gasteiger partial charge in [-0.25, -0.2) is 19.1 Å². The van der Waals surface area contributed by atoms with Gasteiger partial charge in [-0.05, 0) is 38.1 Å². The van der Waals surface area contributed by atoms with Gasteiger partial charge in [-0.15, -0.1) is 9.78 Å². The van der Waals surface area contributed by atoms with Crippen molar-refractivity contribution in [2.24, 2.45) is 0 Å². The molecule has 7 nitrogen and oxygen atoms in total. The Bertz CT molecular complexity index is 1100. The minimum absolute atomic E-state index is 0.00710. The monoisotopic (exact) mass is 426 g/mol. The molecule has 0 radical (unpaired) electrons. The molecule has 3 aromatic rings. The van der Waals surface area contributed by atoms with Gasteiger partial charge in [0, 0.05) is 12.1 Å². The first-order valence-electron chi connectivity index (χ1n) is 8.46. The van der Waals surface area contributed by atoms with Crippen LogP contribution in [0, 0.1) is 0 Å². The van der Waals surface area contributed by atoms with Crippen LogP contribution < -0.4 is 16.0 Å². The highest BCUT2D eigenvalue weighted by atomic mass is 35.5. The van der Waals surface area contributed by atoms with Crippen LogP contribution in [0.25, 0.3) is 17.1 Å². The van der Waals surface area contributed by atoms with Gasteiger partial charge >= 0.3 is 17.9 Å². The Morgan fingerprint density at radius 3 is 2.41 bits per heavy atom. The van der Waals surface area contributed by atoms with E-state index in [1.54, 1.807) is 13.8 Å². The van der Waals surface area contributed by atoms with Crippen molar-refractivity contribution in [3.63, 3.8) is 0 Å². The minimum Gasteiger partial charge on any atom is -0.334 e. The third kappa shape index (κ3) is 4.16. The highest BCUT2D eigenvalue weighted by Crippen LogP contribution is 2.30. The lowest BCUT2D eigenvalue weighted by Gasteiger charge is -2.09. The predicted octanol–water partition coefficient (Wildman–Crippen LogP) is 3.15. The molecule has 0 fully saturated rings. The standard InChI is InChI=1S/C18H15ClF3N5O2/c1-10(2)24-16(28)27-17(29)26(12-5-3-11(4-6-12)18(20,21)22)15(25-27)13-7-8-23-9-14(13)19/h3-10H,1-2H3,(H,24,28)/p+1. The van der Waals surface area contributed by atoms with E-state index in [1.807, 2.05) is 0 Å². The smallest absolute Gasteiger partial charge is 0.334 e. The molecule has 0 bridgehead atoms. The predicted molar refractivity (Wildman–Crippen MR) is 98.9 cm³/mol. The summed E-state index contributed by atoms with van der Waals surface area (Å²) < 4.78 is 40.3. The molecular weight excluding hydrogens is 411 g/mol. The Labute approximate surface area is 167 Å². The van der Waals surface area contributed by atoms with Gasteiger partial charge < -0.3 is 5.32 Å². The number of aromatic amines is 1. The Hall–Kier alpha value is -3.14. The highest BCUT2D eigenvalue weighted by Gasteiger charge is 2.30. The summed E-state index contributed by atoms with van der Waals surface area (Å²) in [5.74, 6) is 0.00710. The highest BCUT2D eigenvalue weighted by molar-refractivity contribution is 6.32. The van der Waals surface area contributed by atoms with Crippen molar-refractivity contribution in [1.82, 2.24) is 19.7 Å². The average molecular weight is 427 g/mol. The molecule has 0 aliphatic carbocycles. The maximum absolute atomic E-state index is 12.9. The lowest BCUT2D eigenvalue weighted by molar-refractivity contribution is -0.377. The molecular formula is C18H16ClF3N5O2+. The zero-order valence-corrected chi connectivity index (χ0v) is 16.0. The average Bonchev–Trinajstić information content (AvgIpc) is 2.98. The molecule has 3 rings (SSSR count). The fraction of sp³-hybridized carbons (Fsp3) is 0.222. The van der Waals surface area contributed by atoms with E-state index < -0.39 is 23.5 Å². The summed E-state index contributed by atoms with van der Waals surface area (Å²) in [6, 6.07) is 4.45. The number of benzene rings is 1. The van der Waals surface area contributed by atoms with Crippen molar-refractivity contribution >= 4 is 17.6 Å². The summed E-state index contributed by atoms with van der Waals surface area (Å²) in [5.41, 5.74) is -1.29. The van der Waals surface area contributed by atoms with Crippen LogP contribution in [0.4, 0.5) is 18.0 Å². The first-order valence-corrected chi connectivity index (χ1v) is 8.84. The fourth-order valence-corrected chi connectivity index (χ4v) is 2.82. The normalized spacial score (nSPS) is 11.7. The van der Waals surface area contributed by atoms with Crippen LogP contribution in [0.1, 0.15) is 19.4 Å². The molecule has 1 amide bonds. The topological polar surface area (TPSA) is 83.1 Å². The molecule has 0 unspecified atom stereocenters. The lowest BCUT2D eigenvalue weighted by atomic mass is 10.2. The molecule has 2 N–H and O–H groups in total. The number of halogens is 4. The number of amides is 1. The van der Waals surface area contributed by atoms with Gasteiger partial charge in [-0.1, -0.05) is 11.6 Å². The number of hydrogen-bond donors (Lipinski definition) is 1. The largest absolute Gasteiger partial charge is 0.416 e. The number of nitrogens with zero attached hydrogens (tertiary/aromatic N) is 3. The Balaban J connectivity index is 2.22. The number of carbonyl (C=O) groups is 1. The SMILES string of the molecule is CC(C)NC(=O)n1nc(-c2cc[nH+]cc2Cl)n(-c2ccc(C(F)(F)F)cc2)c1=O. The Morgan fingerprint density at radius 2 is 1.86 bits per heavy atom. The van der Waals surface area contributed by atoms with E-state index in [0.29, 0.717) is 10.2 Å². The number of carbonyl (C=O) groups excluding carboxylic acids is 1. The van der Waals surface area contributed by atoms with Crippen molar-refractivity contribution in [2.45, 2.75) is 26.1 Å². The van der Waals surface area contributed by atoms with E-state index in [0.717, 1.165) is 28.8 Å². The van der Waals surface area contributed by atoms with E-state index in [-0.39, 0.29) is 22.6 Å². The maximum Gasteiger partial charge on any atom is 0.416 e. The van der Waals surface area contributed by atoms with Gasteiger partial charge in [0.05, 0.1) is 16.8 Å². The number of rotatable bonds is 3. The van der Waals surface area contributed by atoms with Crippen LogP contribution in [0.5, 0.6) is 0 Å². The van der Waals surface area contributed by atoms with E-state index in [9.17, 15) is 22.8 Å². The number of alkyl halides is 3. The number of H-pyrrole nitrogens is 1. The number of aromatic nitrogens is 4. The van der Waals surface area contributed by atoms with E-state index in [2.05, 4.69) is 15.4 Å². The fourth-order valence-electron chi connectivity index (χ4n) is 2.61. The zero-order chi connectivity index (χ0) is 21.3. The van der Waals surface area contributed by atoms with Crippen molar-refractivity contribution in [1.29, 1.82) is 0 Å². The summed E-state index contributed by atoms with van der Waals surface area (Å²) >= 11 is 6.18. The Kier molecular flexibility index (Phi) is 5.47. The molecule has 0 aliphatic heterocycles. The quantitative estimate of drug-likeness (QED) is 0.698. The Morgan fingerprint density at radius 1 is 1.21 bits per heavy atom. The first kappa shape index (κ1) is 20.6. The second-order valence-corrected chi connectivity index (χ2v) is 6.82. The van der Waals surface area contributed by atoms with Gasteiger partial charge in [0.1, 0.15) is 5.02 Å². The van der Waals surface area contributed by atoms with Gasteiger partial charge in [-0.2, -0.15) is 13.2 Å². The molecule has 0 spiro atoms. The van der Waals surface area contributed by atoms with E-state index >= 15 is 0 Å². The summed E-state index contributed by atoms with van der Waals surface area (Å²) in [5, 5.41) is 6.83. The van der Waals surface area contributed by atoms with Gasteiger partial charge in [0.15, 0.2) is 18.2 Å². The lowest BCUT2D eigenvalue weighted by Crippen LogP contribution is -2.40. The first-order chi connectivity index (χ1) is 13.6. The third-order valence-electron chi connectivity index (χ3n) is 3.89. The molecule has 2 aromatic heterocycles. The molecule has 29 heavy (non-hydrogen) atoms. The summed E-state index contributed by atoms with van der Waals surface area (Å²) in [4.78, 5) is 28.0. The maximum atomic E-state index is 12.9. The number of hydrogen-bond acceptors (Lipinski definition) is 3. The molecule has 0 saturated carbocycles. The molecule has 11 heteroatoms. The van der Waals surface area contributed by atoms with Crippen molar-refractivity contribution < 1.29 is 22.9 Å². The number of pyridine rings is 1. The van der Waals surface area contributed by atoms with E-state index in [4.69, 9.17) is 11.6 Å².